The molecule has 1 heterocycles. The Balaban J connectivity index is 2.62. The van der Waals surface area contributed by atoms with Gasteiger partial charge in [0.15, 0.2) is 5.69 Å². The van der Waals surface area contributed by atoms with Crippen molar-refractivity contribution < 1.29 is 31.0 Å². The lowest BCUT2D eigenvalue weighted by Crippen LogP contribution is -2.40. The second kappa shape index (κ2) is 4.53. The van der Waals surface area contributed by atoms with Gasteiger partial charge in [0.1, 0.15) is 0 Å². The van der Waals surface area contributed by atoms with Crippen molar-refractivity contribution in [2.45, 2.75) is 19.3 Å². The van der Waals surface area contributed by atoms with Crippen LogP contribution in [-0.4, -0.2) is 5.10 Å². The lowest BCUT2D eigenvalue weighted by atomic mass is 10.2. The van der Waals surface area contributed by atoms with E-state index in [9.17, 15) is 26.3 Å². The molecule has 2 nitrogen and oxygen atoms in total. The zero-order valence-electron chi connectivity index (χ0n) is 10.1. The van der Waals surface area contributed by atoms with E-state index < -0.39 is 23.7 Å². The quantitative estimate of drug-likeness (QED) is 0.612. The van der Waals surface area contributed by atoms with Crippen LogP contribution in [0.3, 0.4) is 0 Å². The van der Waals surface area contributed by atoms with Gasteiger partial charge in [-0.15, -0.1) is 0 Å². The molecule has 0 fully saturated rings. The number of H-pyrrole nitrogens is 1. The van der Waals surface area contributed by atoms with E-state index in [0.29, 0.717) is 4.68 Å². The minimum atomic E-state index is -4.90. The van der Waals surface area contributed by atoms with Gasteiger partial charge in [0.25, 0.3) is 0 Å². The number of halogens is 6. The molecule has 0 aliphatic carbocycles. The van der Waals surface area contributed by atoms with E-state index in [4.69, 9.17) is 0 Å². The Bertz CT molecular complexity index is 606. The van der Waals surface area contributed by atoms with Crippen LogP contribution in [0, 0.1) is 6.92 Å². The summed E-state index contributed by atoms with van der Waals surface area (Å²) in [4.78, 5) is 0. The summed E-state index contributed by atoms with van der Waals surface area (Å²) in [5.41, 5.74) is -2.11. The van der Waals surface area contributed by atoms with Crippen molar-refractivity contribution >= 4 is 0 Å². The first kappa shape index (κ1) is 14.4. The van der Waals surface area contributed by atoms with E-state index in [0.717, 1.165) is 5.56 Å². The highest BCUT2D eigenvalue weighted by molar-refractivity contribution is 5.27. The molecule has 0 bridgehead atoms. The van der Waals surface area contributed by atoms with Crippen molar-refractivity contribution in [3.05, 3.63) is 47.3 Å². The number of aromatic amines is 1. The van der Waals surface area contributed by atoms with Crippen LogP contribution < -0.4 is 4.68 Å². The Morgan fingerprint density at radius 2 is 1.45 bits per heavy atom. The first-order valence-corrected chi connectivity index (χ1v) is 5.45. The number of nitrogens with zero attached hydrogens (tertiary/aromatic N) is 1. The van der Waals surface area contributed by atoms with Crippen molar-refractivity contribution in [2.24, 2.45) is 0 Å². The molecule has 1 N–H and O–H groups in total. The van der Waals surface area contributed by atoms with Crippen LogP contribution in [0.1, 0.15) is 17.0 Å². The summed E-state index contributed by atoms with van der Waals surface area (Å²) in [6.45, 7) is 1.72. The first-order valence-electron chi connectivity index (χ1n) is 5.45. The molecule has 20 heavy (non-hydrogen) atoms. The maximum absolute atomic E-state index is 12.8. The third-order valence-corrected chi connectivity index (χ3v) is 2.64. The largest absolute Gasteiger partial charge is 0.480 e. The molecular weight excluding hydrogens is 286 g/mol. The van der Waals surface area contributed by atoms with Crippen LogP contribution in [0.25, 0.3) is 5.69 Å². The van der Waals surface area contributed by atoms with Crippen molar-refractivity contribution in [3.8, 4) is 5.69 Å². The summed E-state index contributed by atoms with van der Waals surface area (Å²) in [5, 5.41) is 1.74. The fourth-order valence-electron chi connectivity index (χ4n) is 1.67. The Labute approximate surface area is 109 Å². The molecule has 8 heteroatoms. The number of hydrogen-bond acceptors (Lipinski definition) is 0. The fraction of sp³-hybridized carbons (Fsp3) is 0.250. The third-order valence-electron chi connectivity index (χ3n) is 2.64. The van der Waals surface area contributed by atoms with Crippen LogP contribution in [0.4, 0.5) is 26.3 Å². The Hall–Kier alpha value is -1.99. The van der Waals surface area contributed by atoms with E-state index in [-0.39, 0.29) is 11.8 Å². The number of aromatic nitrogens is 2. The van der Waals surface area contributed by atoms with E-state index in [2.05, 4.69) is 0 Å². The first-order chi connectivity index (χ1) is 9.09. The molecule has 0 unspecified atom stereocenters. The topological polar surface area (TPSA) is 19.7 Å². The van der Waals surface area contributed by atoms with Gasteiger partial charge in [-0.2, -0.15) is 31.4 Å². The number of benzene rings is 1. The van der Waals surface area contributed by atoms with Gasteiger partial charge in [0.2, 0.25) is 5.69 Å². The van der Waals surface area contributed by atoms with Gasteiger partial charge < -0.3 is 0 Å². The highest BCUT2D eigenvalue weighted by Gasteiger charge is 2.47. The molecule has 108 valence electrons. The maximum atomic E-state index is 12.8. The van der Waals surface area contributed by atoms with E-state index in [1.54, 1.807) is 12.0 Å². The molecule has 2 rings (SSSR count). The molecule has 0 spiro atoms. The van der Waals surface area contributed by atoms with Crippen molar-refractivity contribution in [1.29, 1.82) is 0 Å². The zero-order valence-corrected chi connectivity index (χ0v) is 10.1. The molecule has 0 aliphatic rings. The standard InChI is InChI=1S/C12H8F6N2/c1-7-2-4-8(5-3-7)20-10(12(16,17)18)6-9(19-20)11(13,14)15/h2-6H,1H3/p+1. The number of rotatable bonds is 1. The number of nitrogens with one attached hydrogen (secondary N) is 1. The molecule has 0 saturated heterocycles. The number of alkyl halides is 6. The molecule has 0 saturated carbocycles. The average Bonchev–Trinajstić information content (AvgIpc) is 2.74. The summed E-state index contributed by atoms with van der Waals surface area (Å²) >= 11 is 0. The van der Waals surface area contributed by atoms with Gasteiger partial charge in [-0.1, -0.05) is 22.4 Å². The summed E-state index contributed by atoms with van der Waals surface area (Å²) < 4.78 is 76.4. The monoisotopic (exact) mass is 295 g/mol. The summed E-state index contributed by atoms with van der Waals surface area (Å²) in [6, 6.07) is 5.69. The Kier molecular flexibility index (Phi) is 3.27. The van der Waals surface area contributed by atoms with Crippen LogP contribution >= 0.6 is 0 Å². The minimum Gasteiger partial charge on any atom is -0.164 e. The maximum Gasteiger partial charge on any atom is 0.480 e. The number of aryl methyl sites for hydroxylation is 1. The smallest absolute Gasteiger partial charge is 0.164 e. The molecule has 1 aromatic carbocycles. The molecular formula is C12H9F6N2+. The summed E-state index contributed by atoms with van der Waals surface area (Å²) in [6.07, 6.45) is -9.78. The highest BCUT2D eigenvalue weighted by atomic mass is 19.4. The SMILES string of the molecule is Cc1ccc(-[n+]2[nH]c(C(F)(F)F)cc2C(F)(F)F)cc1. The van der Waals surface area contributed by atoms with Gasteiger partial charge in [0.05, 0.1) is 6.07 Å². The highest BCUT2D eigenvalue weighted by Crippen LogP contribution is 2.33. The molecule has 0 amide bonds. The summed E-state index contributed by atoms with van der Waals surface area (Å²) in [5.74, 6) is 0. The molecule has 0 radical (unpaired) electrons. The van der Waals surface area contributed by atoms with Crippen LogP contribution in [0.2, 0.25) is 0 Å². The Morgan fingerprint density at radius 1 is 0.900 bits per heavy atom. The predicted octanol–water partition coefficient (Wildman–Crippen LogP) is 3.64. The van der Waals surface area contributed by atoms with E-state index >= 15 is 0 Å². The summed E-state index contributed by atoms with van der Waals surface area (Å²) in [7, 11) is 0. The van der Waals surface area contributed by atoms with Crippen LogP contribution in [-0.2, 0) is 12.4 Å². The van der Waals surface area contributed by atoms with E-state index in [1.807, 2.05) is 0 Å². The second-order valence-electron chi connectivity index (χ2n) is 4.22. The normalized spacial score (nSPS) is 12.8. The van der Waals surface area contributed by atoms with E-state index in [1.165, 1.54) is 24.3 Å². The van der Waals surface area contributed by atoms with Crippen molar-refractivity contribution in [3.63, 3.8) is 0 Å². The molecule has 1 aromatic heterocycles. The third kappa shape index (κ3) is 2.78. The van der Waals surface area contributed by atoms with Gasteiger partial charge in [-0.05, 0) is 6.92 Å². The number of hydrogen-bond donors (Lipinski definition) is 1. The lowest BCUT2D eigenvalue weighted by Gasteiger charge is -2.01. The van der Waals surface area contributed by atoms with Gasteiger partial charge in [0, 0.05) is 12.1 Å². The second-order valence-corrected chi connectivity index (χ2v) is 4.22. The van der Waals surface area contributed by atoms with Crippen LogP contribution in [0.5, 0.6) is 0 Å². The van der Waals surface area contributed by atoms with Gasteiger partial charge in [-0.3, -0.25) is 0 Å². The van der Waals surface area contributed by atoms with Crippen molar-refractivity contribution in [2.75, 3.05) is 0 Å². The zero-order chi connectivity index (χ0) is 15.1. The lowest BCUT2D eigenvalue weighted by molar-refractivity contribution is -0.676. The fourth-order valence-corrected chi connectivity index (χ4v) is 1.67. The molecule has 2 aromatic rings. The average molecular weight is 295 g/mol. The minimum absolute atomic E-state index is 0.0292. The van der Waals surface area contributed by atoms with Crippen LogP contribution in [0.15, 0.2) is 30.3 Å². The molecule has 0 atom stereocenters. The molecule has 0 aliphatic heterocycles. The Morgan fingerprint density at radius 3 is 1.90 bits per heavy atom. The van der Waals surface area contributed by atoms with Gasteiger partial charge in [-0.25, -0.2) is 0 Å². The van der Waals surface area contributed by atoms with Gasteiger partial charge >= 0.3 is 18.0 Å². The van der Waals surface area contributed by atoms with Crippen molar-refractivity contribution in [1.82, 2.24) is 5.10 Å². The predicted molar refractivity (Wildman–Crippen MR) is 57.1 cm³/mol.